The van der Waals surface area contributed by atoms with E-state index in [0.29, 0.717) is 0 Å². The van der Waals surface area contributed by atoms with Gasteiger partial charge in [-0.25, -0.2) is 4.39 Å². The van der Waals surface area contributed by atoms with Gasteiger partial charge in [-0.2, -0.15) is 13.2 Å². The molecule has 0 aromatic heterocycles. The van der Waals surface area contributed by atoms with E-state index in [9.17, 15) is 17.6 Å². The number of hydrogen-bond donors (Lipinski definition) is 0. The van der Waals surface area contributed by atoms with Crippen LogP contribution < -0.4 is 4.74 Å². The summed E-state index contributed by atoms with van der Waals surface area (Å²) in [6.07, 6.45) is -5.45. The van der Waals surface area contributed by atoms with Crippen molar-refractivity contribution in [3.05, 3.63) is 29.6 Å². The smallest absolute Gasteiger partial charge is 0.393 e. The molecule has 5 heteroatoms. The summed E-state index contributed by atoms with van der Waals surface area (Å²) >= 11 is 0. The maximum absolute atomic E-state index is 13.1. The summed E-state index contributed by atoms with van der Waals surface area (Å²) in [6, 6.07) is 3.26. The van der Waals surface area contributed by atoms with Crippen LogP contribution in [0.15, 0.2) is 18.2 Å². The normalized spacial score (nSPS) is 11.5. The highest BCUT2D eigenvalue weighted by Crippen LogP contribution is 2.24. The molecule has 0 fully saturated rings. The van der Waals surface area contributed by atoms with Gasteiger partial charge < -0.3 is 4.74 Å². The maximum atomic E-state index is 13.1. The summed E-state index contributed by atoms with van der Waals surface area (Å²) in [6.45, 7) is 1.94. The van der Waals surface area contributed by atoms with Gasteiger partial charge in [0.05, 0.1) is 13.0 Å². The third kappa shape index (κ3) is 3.77. The van der Waals surface area contributed by atoms with Crippen molar-refractivity contribution in [3.8, 4) is 5.75 Å². The monoisotopic (exact) mass is 222 g/mol. The molecular weight excluding hydrogens is 212 g/mol. The van der Waals surface area contributed by atoms with E-state index in [1.165, 1.54) is 12.1 Å². The summed E-state index contributed by atoms with van der Waals surface area (Å²) in [5, 5.41) is 0. The number of ether oxygens (including phenoxy) is 1. The summed E-state index contributed by atoms with van der Waals surface area (Å²) in [5.41, 5.74) is -0.108. The summed E-state index contributed by atoms with van der Waals surface area (Å²) in [4.78, 5) is 0. The van der Waals surface area contributed by atoms with Gasteiger partial charge in [0.2, 0.25) is 0 Å². The maximum Gasteiger partial charge on any atom is 0.393 e. The van der Waals surface area contributed by atoms with E-state index < -0.39 is 18.4 Å². The topological polar surface area (TPSA) is 9.23 Å². The molecule has 0 saturated heterocycles. The minimum absolute atomic E-state index is 0.0246. The Morgan fingerprint density at radius 3 is 2.40 bits per heavy atom. The third-order valence-electron chi connectivity index (χ3n) is 1.70. The fourth-order valence-corrected chi connectivity index (χ4v) is 1.16. The average Bonchev–Trinajstić information content (AvgIpc) is 2.07. The largest absolute Gasteiger partial charge is 0.491 e. The molecular formula is C10H10F4O. The van der Waals surface area contributed by atoms with E-state index in [2.05, 4.69) is 0 Å². The Labute approximate surface area is 84.7 Å². The number of rotatable bonds is 3. The van der Waals surface area contributed by atoms with Crippen LogP contribution in [0.5, 0.6) is 5.75 Å². The van der Waals surface area contributed by atoms with Crippen molar-refractivity contribution in [3.63, 3.8) is 0 Å². The molecule has 0 atom stereocenters. The summed E-state index contributed by atoms with van der Waals surface area (Å²) in [5.74, 6) is -0.790. The van der Waals surface area contributed by atoms with Crippen LogP contribution in [0.2, 0.25) is 0 Å². The summed E-state index contributed by atoms with van der Waals surface area (Å²) < 4.78 is 53.9. The van der Waals surface area contributed by atoms with Crippen molar-refractivity contribution in [2.24, 2.45) is 0 Å². The fraction of sp³-hybridized carbons (Fsp3) is 0.400. The van der Waals surface area contributed by atoms with E-state index in [-0.39, 0.29) is 17.9 Å². The lowest BCUT2D eigenvalue weighted by atomic mass is 10.1. The Morgan fingerprint density at radius 1 is 1.27 bits per heavy atom. The van der Waals surface area contributed by atoms with Gasteiger partial charge >= 0.3 is 6.18 Å². The first-order valence-corrected chi connectivity index (χ1v) is 4.40. The van der Waals surface area contributed by atoms with Gasteiger partial charge in [-0.05, 0) is 24.6 Å². The van der Waals surface area contributed by atoms with E-state index in [4.69, 9.17) is 4.74 Å². The van der Waals surface area contributed by atoms with Gasteiger partial charge in [-0.1, -0.05) is 6.07 Å². The molecule has 0 aliphatic carbocycles. The quantitative estimate of drug-likeness (QED) is 0.713. The predicted octanol–water partition coefficient (Wildman–Crippen LogP) is 3.33. The van der Waals surface area contributed by atoms with Crippen LogP contribution in [0, 0.1) is 5.82 Å². The Bertz CT molecular complexity index is 333. The molecule has 0 heterocycles. The zero-order chi connectivity index (χ0) is 11.5. The second-order valence-electron chi connectivity index (χ2n) is 2.99. The van der Waals surface area contributed by atoms with Gasteiger partial charge in [-0.15, -0.1) is 0 Å². The Balaban J connectivity index is 2.82. The minimum Gasteiger partial charge on any atom is -0.491 e. The molecule has 0 bridgehead atoms. The predicted molar refractivity (Wildman–Crippen MR) is 47.3 cm³/mol. The van der Waals surface area contributed by atoms with E-state index >= 15 is 0 Å². The standard InChI is InChI=1S/C10H10F4O/c1-2-15-9-4-3-7(5-8(9)11)6-10(12,13)14/h3-5H,2,6H2,1H3. The SMILES string of the molecule is CCOc1ccc(CC(F)(F)F)cc1F. The van der Waals surface area contributed by atoms with Crippen LogP contribution in [-0.2, 0) is 6.42 Å². The zero-order valence-electron chi connectivity index (χ0n) is 8.07. The second-order valence-corrected chi connectivity index (χ2v) is 2.99. The van der Waals surface area contributed by atoms with Crippen molar-refractivity contribution in [2.45, 2.75) is 19.5 Å². The van der Waals surface area contributed by atoms with Crippen LogP contribution in [0.25, 0.3) is 0 Å². The molecule has 0 saturated carbocycles. The van der Waals surface area contributed by atoms with Crippen molar-refractivity contribution in [2.75, 3.05) is 6.61 Å². The van der Waals surface area contributed by atoms with Crippen molar-refractivity contribution >= 4 is 0 Å². The van der Waals surface area contributed by atoms with Gasteiger partial charge in [-0.3, -0.25) is 0 Å². The Hall–Kier alpha value is -1.26. The van der Waals surface area contributed by atoms with Crippen LogP contribution in [0.3, 0.4) is 0 Å². The highest BCUT2D eigenvalue weighted by atomic mass is 19.4. The van der Waals surface area contributed by atoms with Gasteiger partial charge in [0.1, 0.15) is 0 Å². The third-order valence-corrected chi connectivity index (χ3v) is 1.70. The summed E-state index contributed by atoms with van der Waals surface area (Å²) in [7, 11) is 0. The number of alkyl halides is 3. The lowest BCUT2D eigenvalue weighted by Gasteiger charge is -2.08. The van der Waals surface area contributed by atoms with Gasteiger partial charge in [0, 0.05) is 0 Å². The minimum atomic E-state index is -4.32. The molecule has 1 aromatic rings. The van der Waals surface area contributed by atoms with E-state index in [0.717, 1.165) is 6.07 Å². The molecule has 0 amide bonds. The van der Waals surface area contributed by atoms with Crippen molar-refractivity contribution < 1.29 is 22.3 Å². The van der Waals surface area contributed by atoms with Gasteiger partial charge in [0.15, 0.2) is 11.6 Å². The number of hydrogen-bond acceptors (Lipinski definition) is 1. The Morgan fingerprint density at radius 2 is 1.93 bits per heavy atom. The lowest BCUT2D eigenvalue weighted by Crippen LogP contribution is -2.11. The number of benzene rings is 1. The molecule has 1 nitrogen and oxygen atoms in total. The zero-order valence-corrected chi connectivity index (χ0v) is 8.07. The van der Waals surface area contributed by atoms with Crippen LogP contribution >= 0.6 is 0 Å². The molecule has 0 N–H and O–H groups in total. The first-order chi connectivity index (χ1) is 6.92. The highest BCUT2D eigenvalue weighted by Gasteiger charge is 2.27. The number of halogens is 4. The molecule has 84 valence electrons. The van der Waals surface area contributed by atoms with Crippen LogP contribution in [-0.4, -0.2) is 12.8 Å². The molecule has 15 heavy (non-hydrogen) atoms. The van der Waals surface area contributed by atoms with E-state index in [1.807, 2.05) is 0 Å². The molecule has 0 unspecified atom stereocenters. The first kappa shape index (κ1) is 11.8. The molecule has 1 rings (SSSR count). The highest BCUT2D eigenvalue weighted by molar-refractivity contribution is 5.29. The molecule has 0 spiro atoms. The van der Waals surface area contributed by atoms with Crippen molar-refractivity contribution in [1.82, 2.24) is 0 Å². The second kappa shape index (κ2) is 4.51. The van der Waals surface area contributed by atoms with Crippen LogP contribution in [0.1, 0.15) is 12.5 Å². The fourth-order valence-electron chi connectivity index (χ4n) is 1.16. The lowest BCUT2D eigenvalue weighted by molar-refractivity contribution is -0.127. The molecule has 0 aliphatic rings. The molecule has 0 aliphatic heterocycles. The van der Waals surface area contributed by atoms with Crippen LogP contribution in [0.4, 0.5) is 17.6 Å². The molecule has 1 aromatic carbocycles. The van der Waals surface area contributed by atoms with E-state index in [1.54, 1.807) is 6.92 Å². The average molecular weight is 222 g/mol. The molecule has 0 radical (unpaired) electrons. The first-order valence-electron chi connectivity index (χ1n) is 4.40. The van der Waals surface area contributed by atoms with Crippen molar-refractivity contribution in [1.29, 1.82) is 0 Å². The Kier molecular flexibility index (Phi) is 3.55. The van der Waals surface area contributed by atoms with Gasteiger partial charge in [0.25, 0.3) is 0 Å².